The summed E-state index contributed by atoms with van der Waals surface area (Å²) in [5.74, 6) is -1.81. The van der Waals surface area contributed by atoms with Gasteiger partial charge in [0.25, 0.3) is 0 Å². The van der Waals surface area contributed by atoms with Crippen LogP contribution in [0.5, 0.6) is 0 Å². The average Bonchev–Trinajstić information content (AvgIpc) is 2.44. The highest BCUT2D eigenvalue weighted by molar-refractivity contribution is 5.86. The minimum absolute atomic E-state index is 0.117. The first-order valence-corrected chi connectivity index (χ1v) is 6.61. The molecule has 1 aromatic carbocycles. The van der Waals surface area contributed by atoms with E-state index in [-0.39, 0.29) is 12.3 Å². The topological polar surface area (TPSA) is 87.0 Å². The highest BCUT2D eigenvalue weighted by atomic mass is 16.4. The van der Waals surface area contributed by atoms with E-state index in [1.165, 1.54) is 5.56 Å². The van der Waals surface area contributed by atoms with Crippen molar-refractivity contribution in [2.24, 2.45) is 11.1 Å². The van der Waals surface area contributed by atoms with Crippen LogP contribution >= 0.6 is 0 Å². The molecule has 0 saturated heterocycles. The Balaban J connectivity index is 2.63. The fourth-order valence-electron chi connectivity index (χ4n) is 2.05. The Labute approximate surface area is 117 Å². The Kier molecular flexibility index (Phi) is 6.43. The number of aliphatic hydroxyl groups excluding tert-OH is 1. The largest absolute Gasteiger partial charge is 0.510 e. The molecule has 0 aromatic heterocycles. The molecule has 108 valence electrons. The molecule has 0 aliphatic heterocycles. The number of carboxylic acid groups (broad SMARTS) is 1. The molecule has 1 aromatic rings. The molecule has 5 heteroatoms. The van der Waals surface area contributed by atoms with Crippen LogP contribution in [-0.4, -0.2) is 16.2 Å². The molecule has 5 nitrogen and oxygen atoms in total. The first-order valence-electron chi connectivity index (χ1n) is 6.61. The Bertz CT molecular complexity index is 482. The molecule has 1 unspecified atom stereocenters. The molecule has 0 fully saturated rings. The molecule has 0 aliphatic rings. The third-order valence-electron chi connectivity index (χ3n) is 3.31. The van der Waals surface area contributed by atoms with Gasteiger partial charge in [0.2, 0.25) is 5.70 Å². The van der Waals surface area contributed by atoms with Crippen molar-refractivity contribution in [2.45, 2.75) is 32.6 Å². The van der Waals surface area contributed by atoms with Gasteiger partial charge in [0.15, 0.2) is 0 Å². The minimum atomic E-state index is -1.49. The molecule has 0 heterocycles. The summed E-state index contributed by atoms with van der Waals surface area (Å²) in [6, 6.07) is 9.93. The second kappa shape index (κ2) is 8.09. The lowest BCUT2D eigenvalue weighted by atomic mass is 9.93. The predicted octanol–water partition coefficient (Wildman–Crippen LogP) is 3.66. The lowest BCUT2D eigenvalue weighted by Gasteiger charge is -2.14. The van der Waals surface area contributed by atoms with Gasteiger partial charge in [-0.15, -0.1) is 4.91 Å². The van der Waals surface area contributed by atoms with Gasteiger partial charge in [-0.25, -0.2) is 4.79 Å². The van der Waals surface area contributed by atoms with Crippen LogP contribution in [0.25, 0.3) is 0 Å². The number of nitroso groups, excluding NO2 is 1. The number of carboxylic acids is 1. The molecule has 0 bridgehead atoms. The van der Waals surface area contributed by atoms with E-state index in [9.17, 15) is 14.8 Å². The van der Waals surface area contributed by atoms with E-state index in [1.54, 1.807) is 0 Å². The van der Waals surface area contributed by atoms with Crippen molar-refractivity contribution >= 4 is 5.97 Å². The fraction of sp³-hybridized carbons (Fsp3) is 0.400. The second-order valence-corrected chi connectivity index (χ2v) is 4.69. The van der Waals surface area contributed by atoms with E-state index in [0.29, 0.717) is 0 Å². The zero-order valence-corrected chi connectivity index (χ0v) is 11.5. The summed E-state index contributed by atoms with van der Waals surface area (Å²) in [5.41, 5.74) is 0.407. The van der Waals surface area contributed by atoms with Gasteiger partial charge in [-0.05, 0) is 29.5 Å². The Morgan fingerprint density at radius 1 is 1.25 bits per heavy atom. The van der Waals surface area contributed by atoms with Crippen LogP contribution in [0.4, 0.5) is 0 Å². The smallest absolute Gasteiger partial charge is 0.361 e. The summed E-state index contributed by atoms with van der Waals surface area (Å²) >= 11 is 0. The van der Waals surface area contributed by atoms with Crippen molar-refractivity contribution in [3.05, 3.63) is 52.3 Å². The molecule has 0 amide bonds. The SMILES string of the molecule is CCC(CCc1ccccc1)CC(O)=C(N=O)C(=O)O. The maximum atomic E-state index is 10.7. The molecule has 0 aliphatic carbocycles. The van der Waals surface area contributed by atoms with E-state index in [2.05, 4.69) is 5.18 Å². The standard InChI is InChI=1S/C15H19NO4/c1-2-11(8-9-12-6-4-3-5-7-12)10-13(17)14(16-20)15(18)19/h3-7,11,17H,2,8-10H2,1H3,(H,18,19). The van der Waals surface area contributed by atoms with E-state index >= 15 is 0 Å². The van der Waals surface area contributed by atoms with Crippen molar-refractivity contribution in [2.75, 3.05) is 0 Å². The average molecular weight is 277 g/mol. The quantitative estimate of drug-likeness (QED) is 0.431. The number of allylic oxidation sites excluding steroid dienone is 1. The van der Waals surface area contributed by atoms with Gasteiger partial charge >= 0.3 is 5.97 Å². The van der Waals surface area contributed by atoms with Crippen LogP contribution in [0.3, 0.4) is 0 Å². The molecular weight excluding hydrogens is 258 g/mol. The normalized spacial score (nSPS) is 13.4. The molecule has 0 spiro atoms. The molecule has 1 rings (SSSR count). The first kappa shape index (κ1) is 15.9. The number of carbonyl (C=O) groups is 1. The maximum absolute atomic E-state index is 10.7. The summed E-state index contributed by atoms with van der Waals surface area (Å²) in [6.07, 6.45) is 2.62. The Morgan fingerprint density at radius 2 is 1.90 bits per heavy atom. The van der Waals surface area contributed by atoms with Gasteiger partial charge in [0.05, 0.1) is 0 Å². The van der Waals surface area contributed by atoms with Crippen LogP contribution < -0.4 is 0 Å². The van der Waals surface area contributed by atoms with Gasteiger partial charge in [0, 0.05) is 6.42 Å². The number of hydrogen-bond acceptors (Lipinski definition) is 4. The predicted molar refractivity (Wildman–Crippen MR) is 76.2 cm³/mol. The monoisotopic (exact) mass is 277 g/mol. The van der Waals surface area contributed by atoms with Crippen LogP contribution in [0.2, 0.25) is 0 Å². The third kappa shape index (κ3) is 4.84. The van der Waals surface area contributed by atoms with Gasteiger partial charge in [0.1, 0.15) is 5.76 Å². The molecule has 1 atom stereocenters. The van der Waals surface area contributed by atoms with E-state index in [1.807, 2.05) is 37.3 Å². The number of rotatable bonds is 8. The molecule has 0 saturated carbocycles. The van der Waals surface area contributed by atoms with Crippen LogP contribution in [0.15, 0.2) is 47.0 Å². The fourth-order valence-corrected chi connectivity index (χ4v) is 2.05. The van der Waals surface area contributed by atoms with Crippen LogP contribution in [-0.2, 0) is 11.2 Å². The highest BCUT2D eigenvalue weighted by Crippen LogP contribution is 2.22. The van der Waals surface area contributed by atoms with Crippen molar-refractivity contribution in [1.29, 1.82) is 0 Å². The van der Waals surface area contributed by atoms with Gasteiger partial charge in [-0.1, -0.05) is 43.7 Å². The second-order valence-electron chi connectivity index (χ2n) is 4.69. The minimum Gasteiger partial charge on any atom is -0.510 e. The summed E-state index contributed by atoms with van der Waals surface area (Å²) in [6.45, 7) is 1.97. The number of benzene rings is 1. The summed E-state index contributed by atoms with van der Waals surface area (Å²) < 4.78 is 0. The number of nitrogens with zero attached hydrogens (tertiary/aromatic N) is 1. The summed E-state index contributed by atoms with van der Waals surface area (Å²) in [4.78, 5) is 21.1. The van der Waals surface area contributed by atoms with E-state index in [4.69, 9.17) is 5.11 Å². The number of aliphatic hydroxyl groups is 1. The van der Waals surface area contributed by atoms with Crippen LogP contribution in [0.1, 0.15) is 31.7 Å². The summed E-state index contributed by atoms with van der Waals surface area (Å²) in [7, 11) is 0. The van der Waals surface area contributed by atoms with Crippen molar-refractivity contribution in [3.63, 3.8) is 0 Å². The number of aliphatic carboxylic acids is 1. The zero-order valence-electron chi connectivity index (χ0n) is 11.5. The van der Waals surface area contributed by atoms with Gasteiger partial charge in [-0.2, -0.15) is 0 Å². The van der Waals surface area contributed by atoms with Gasteiger partial charge < -0.3 is 10.2 Å². The summed E-state index contributed by atoms with van der Waals surface area (Å²) in [5, 5.41) is 20.8. The van der Waals surface area contributed by atoms with Crippen molar-refractivity contribution in [3.8, 4) is 0 Å². The van der Waals surface area contributed by atoms with Crippen LogP contribution in [0, 0.1) is 10.8 Å². The number of hydrogen-bond donors (Lipinski definition) is 2. The van der Waals surface area contributed by atoms with E-state index in [0.717, 1.165) is 19.3 Å². The Morgan fingerprint density at radius 3 is 2.40 bits per heavy atom. The molecule has 20 heavy (non-hydrogen) atoms. The lowest BCUT2D eigenvalue weighted by molar-refractivity contribution is -0.132. The van der Waals surface area contributed by atoms with Crippen molar-refractivity contribution in [1.82, 2.24) is 0 Å². The van der Waals surface area contributed by atoms with Crippen molar-refractivity contribution < 1.29 is 15.0 Å². The molecular formula is C15H19NO4. The van der Waals surface area contributed by atoms with E-state index < -0.39 is 17.4 Å². The van der Waals surface area contributed by atoms with Gasteiger partial charge in [-0.3, -0.25) is 0 Å². The third-order valence-corrected chi connectivity index (χ3v) is 3.31. The highest BCUT2D eigenvalue weighted by Gasteiger charge is 2.18. The number of aryl methyl sites for hydroxylation is 1. The molecule has 2 N–H and O–H groups in total. The molecule has 0 radical (unpaired) electrons. The lowest BCUT2D eigenvalue weighted by Crippen LogP contribution is -2.08. The zero-order chi connectivity index (χ0) is 15.0. The first-order chi connectivity index (χ1) is 9.58. The Hall–Kier alpha value is -2.17. The maximum Gasteiger partial charge on any atom is 0.361 e.